The predicted molar refractivity (Wildman–Crippen MR) is 58.6 cm³/mol. The minimum Gasteiger partial charge on any atom is -0.393 e. The fourth-order valence-corrected chi connectivity index (χ4v) is 2.24. The lowest BCUT2D eigenvalue weighted by Gasteiger charge is -2.28. The summed E-state index contributed by atoms with van der Waals surface area (Å²) in [5.41, 5.74) is 2.26. The minimum atomic E-state index is -0.165. The molecule has 1 aromatic rings. The van der Waals surface area contributed by atoms with Crippen molar-refractivity contribution in [3.63, 3.8) is 0 Å². The molecular weight excluding hydrogens is 190 g/mol. The quantitative estimate of drug-likeness (QED) is 0.733. The number of aliphatic hydroxyl groups excluding tert-OH is 1. The van der Waals surface area contributed by atoms with E-state index in [-0.39, 0.29) is 6.10 Å². The molecule has 0 bridgehead atoms. The van der Waals surface area contributed by atoms with Crippen LogP contribution in [0, 0.1) is 12.8 Å². The van der Waals surface area contributed by atoms with Gasteiger partial charge >= 0.3 is 0 Å². The highest BCUT2D eigenvalue weighted by Crippen LogP contribution is 2.17. The molecule has 1 aliphatic heterocycles. The van der Waals surface area contributed by atoms with Gasteiger partial charge in [0, 0.05) is 25.2 Å². The third-order valence-electron chi connectivity index (χ3n) is 3.14. The Morgan fingerprint density at radius 1 is 1.67 bits per heavy atom. The average molecular weight is 209 g/mol. The van der Waals surface area contributed by atoms with E-state index < -0.39 is 0 Å². The topological polar surface area (TPSA) is 50.1 Å². The van der Waals surface area contributed by atoms with Crippen molar-refractivity contribution in [3.8, 4) is 0 Å². The lowest BCUT2D eigenvalue weighted by Crippen LogP contribution is -2.41. The number of piperidine rings is 1. The lowest BCUT2D eigenvalue weighted by molar-refractivity contribution is 0.0782. The molecule has 84 valence electrons. The van der Waals surface area contributed by atoms with Crippen molar-refractivity contribution in [2.75, 3.05) is 13.1 Å². The van der Waals surface area contributed by atoms with Crippen LogP contribution in [-0.2, 0) is 13.5 Å². The summed E-state index contributed by atoms with van der Waals surface area (Å²) in [4.78, 5) is 0. The molecule has 0 spiro atoms. The molecule has 0 aliphatic carbocycles. The summed E-state index contributed by atoms with van der Waals surface area (Å²) in [6.45, 7) is 3.84. The fraction of sp³-hybridized carbons (Fsp3) is 0.727. The third kappa shape index (κ3) is 2.38. The van der Waals surface area contributed by atoms with Crippen LogP contribution in [-0.4, -0.2) is 34.1 Å². The van der Waals surface area contributed by atoms with E-state index in [0.29, 0.717) is 5.92 Å². The van der Waals surface area contributed by atoms with Gasteiger partial charge in [-0.15, -0.1) is 0 Å². The van der Waals surface area contributed by atoms with E-state index in [1.54, 1.807) is 0 Å². The third-order valence-corrected chi connectivity index (χ3v) is 3.14. The Balaban J connectivity index is 2.04. The molecule has 2 unspecified atom stereocenters. The number of nitrogens with zero attached hydrogens (tertiary/aromatic N) is 2. The van der Waals surface area contributed by atoms with Crippen LogP contribution < -0.4 is 5.32 Å². The first-order chi connectivity index (χ1) is 7.16. The molecule has 1 aliphatic rings. The molecule has 0 aromatic carbocycles. The zero-order valence-corrected chi connectivity index (χ0v) is 9.40. The van der Waals surface area contributed by atoms with Gasteiger partial charge in [-0.1, -0.05) is 0 Å². The molecule has 4 nitrogen and oxygen atoms in total. The number of nitrogens with one attached hydrogen (secondary N) is 1. The number of rotatable bonds is 2. The van der Waals surface area contributed by atoms with Gasteiger partial charge in [0.25, 0.3) is 0 Å². The van der Waals surface area contributed by atoms with Gasteiger partial charge in [0.15, 0.2) is 0 Å². The monoisotopic (exact) mass is 209 g/mol. The first-order valence-corrected chi connectivity index (χ1v) is 5.55. The molecule has 2 heterocycles. The summed E-state index contributed by atoms with van der Waals surface area (Å²) in [6.07, 6.45) is 1.61. The first-order valence-electron chi connectivity index (χ1n) is 5.55. The second-order valence-electron chi connectivity index (χ2n) is 4.43. The van der Waals surface area contributed by atoms with Crippen LogP contribution in [0.2, 0.25) is 0 Å². The van der Waals surface area contributed by atoms with Crippen molar-refractivity contribution >= 4 is 0 Å². The van der Waals surface area contributed by atoms with Gasteiger partial charge in [0.2, 0.25) is 0 Å². The summed E-state index contributed by atoms with van der Waals surface area (Å²) in [5, 5.41) is 17.5. The van der Waals surface area contributed by atoms with E-state index in [1.807, 2.05) is 18.7 Å². The summed E-state index contributed by atoms with van der Waals surface area (Å²) < 4.78 is 1.91. The molecule has 2 N–H and O–H groups in total. The zero-order chi connectivity index (χ0) is 10.8. The van der Waals surface area contributed by atoms with Crippen molar-refractivity contribution in [2.45, 2.75) is 25.9 Å². The molecule has 15 heavy (non-hydrogen) atoms. The van der Waals surface area contributed by atoms with E-state index >= 15 is 0 Å². The van der Waals surface area contributed by atoms with Crippen LogP contribution in [0.5, 0.6) is 0 Å². The van der Waals surface area contributed by atoms with Crippen molar-refractivity contribution in [2.24, 2.45) is 13.0 Å². The smallest absolute Gasteiger partial charge is 0.0596 e. The number of hydrogen-bond donors (Lipinski definition) is 2. The molecule has 0 amide bonds. The Hall–Kier alpha value is -0.870. The van der Waals surface area contributed by atoms with Crippen molar-refractivity contribution in [1.82, 2.24) is 15.1 Å². The maximum atomic E-state index is 9.86. The van der Waals surface area contributed by atoms with Gasteiger partial charge in [0.05, 0.1) is 11.8 Å². The molecule has 1 fully saturated rings. The first kappa shape index (κ1) is 10.6. The molecule has 0 radical (unpaired) electrons. The number of aromatic nitrogens is 2. The Labute approximate surface area is 90.3 Å². The van der Waals surface area contributed by atoms with Crippen LogP contribution in [0.4, 0.5) is 0 Å². The highest BCUT2D eigenvalue weighted by molar-refractivity contribution is 5.10. The van der Waals surface area contributed by atoms with Crippen LogP contribution >= 0.6 is 0 Å². The van der Waals surface area contributed by atoms with Gasteiger partial charge in [-0.3, -0.25) is 4.68 Å². The van der Waals surface area contributed by atoms with Crippen molar-refractivity contribution < 1.29 is 5.11 Å². The summed E-state index contributed by atoms with van der Waals surface area (Å²) in [7, 11) is 1.96. The Morgan fingerprint density at radius 2 is 2.47 bits per heavy atom. The zero-order valence-electron chi connectivity index (χ0n) is 9.40. The summed E-state index contributed by atoms with van der Waals surface area (Å²) >= 11 is 0. The maximum absolute atomic E-state index is 9.86. The molecule has 2 atom stereocenters. The highest BCUT2D eigenvalue weighted by atomic mass is 16.3. The maximum Gasteiger partial charge on any atom is 0.0596 e. The Morgan fingerprint density at radius 3 is 3.07 bits per heavy atom. The van der Waals surface area contributed by atoms with E-state index in [0.717, 1.165) is 31.6 Å². The second kappa shape index (κ2) is 4.33. The van der Waals surface area contributed by atoms with Crippen LogP contribution in [0.25, 0.3) is 0 Å². The minimum absolute atomic E-state index is 0.165. The normalized spacial score (nSPS) is 26.9. The van der Waals surface area contributed by atoms with Gasteiger partial charge in [-0.25, -0.2) is 0 Å². The predicted octanol–water partition coefficient (Wildman–Crippen LogP) is 0.241. The lowest BCUT2D eigenvalue weighted by atomic mass is 9.91. The molecule has 2 rings (SSSR count). The second-order valence-corrected chi connectivity index (χ2v) is 4.43. The number of hydrogen-bond acceptors (Lipinski definition) is 3. The van der Waals surface area contributed by atoms with Crippen LogP contribution in [0.1, 0.15) is 17.8 Å². The van der Waals surface area contributed by atoms with Gasteiger partial charge in [-0.2, -0.15) is 5.10 Å². The average Bonchev–Trinajstić information content (AvgIpc) is 2.49. The largest absolute Gasteiger partial charge is 0.393 e. The molecular formula is C11H19N3O. The van der Waals surface area contributed by atoms with E-state index in [9.17, 15) is 5.11 Å². The van der Waals surface area contributed by atoms with Crippen LogP contribution in [0.15, 0.2) is 6.07 Å². The van der Waals surface area contributed by atoms with Gasteiger partial charge in [-0.05, 0) is 32.4 Å². The fourth-order valence-electron chi connectivity index (χ4n) is 2.24. The highest BCUT2D eigenvalue weighted by Gasteiger charge is 2.23. The molecule has 0 saturated carbocycles. The van der Waals surface area contributed by atoms with E-state index in [2.05, 4.69) is 16.5 Å². The van der Waals surface area contributed by atoms with Crippen LogP contribution in [0.3, 0.4) is 0 Å². The van der Waals surface area contributed by atoms with E-state index in [4.69, 9.17) is 0 Å². The standard InChI is InChI=1S/C11H19N3O/c1-8-5-10(14(2)13-8)6-9-7-12-4-3-11(9)15/h5,9,11-12,15H,3-4,6-7H2,1-2H3. The number of aliphatic hydroxyl groups is 1. The molecule has 1 aromatic heterocycles. The molecule has 1 saturated heterocycles. The summed E-state index contributed by atoms with van der Waals surface area (Å²) in [5.74, 6) is 0.327. The van der Waals surface area contributed by atoms with Crippen molar-refractivity contribution in [1.29, 1.82) is 0 Å². The SMILES string of the molecule is Cc1cc(CC2CNCCC2O)n(C)n1. The Kier molecular flexibility index (Phi) is 3.07. The van der Waals surface area contributed by atoms with Gasteiger partial charge < -0.3 is 10.4 Å². The number of aryl methyl sites for hydroxylation is 2. The molecule has 4 heteroatoms. The van der Waals surface area contributed by atoms with Gasteiger partial charge in [0.1, 0.15) is 0 Å². The van der Waals surface area contributed by atoms with Crippen molar-refractivity contribution in [3.05, 3.63) is 17.5 Å². The Bertz CT molecular complexity index is 335. The summed E-state index contributed by atoms with van der Waals surface area (Å²) in [6, 6.07) is 2.10. The van der Waals surface area contributed by atoms with E-state index in [1.165, 1.54) is 5.69 Å².